The minimum Gasteiger partial charge on any atom is -0.379 e. The minimum atomic E-state index is -0.0887. The van der Waals surface area contributed by atoms with Gasteiger partial charge in [-0.15, -0.1) is 23.1 Å². The molecule has 0 unspecified atom stereocenters. The zero-order valence-corrected chi connectivity index (χ0v) is 20.8. The van der Waals surface area contributed by atoms with Crippen molar-refractivity contribution in [2.45, 2.75) is 4.90 Å². The van der Waals surface area contributed by atoms with Crippen molar-refractivity contribution in [3.63, 3.8) is 0 Å². The first kappa shape index (κ1) is 22.1. The van der Waals surface area contributed by atoms with Gasteiger partial charge in [-0.3, -0.25) is 14.6 Å². The van der Waals surface area contributed by atoms with Gasteiger partial charge in [0.1, 0.15) is 4.88 Å². The van der Waals surface area contributed by atoms with E-state index in [2.05, 4.69) is 17.0 Å². The third-order valence-electron chi connectivity index (χ3n) is 5.54. The van der Waals surface area contributed by atoms with Crippen LogP contribution in [0.25, 0.3) is 20.3 Å². The molecule has 0 N–H and O–H groups in total. The number of hydrogen-bond acceptors (Lipinski definition) is 7. The molecule has 5 rings (SSSR count). The summed E-state index contributed by atoms with van der Waals surface area (Å²) in [7, 11) is 0. The zero-order chi connectivity index (χ0) is 22.1. The van der Waals surface area contributed by atoms with Gasteiger partial charge >= 0.3 is 0 Å². The fraction of sp³-hybridized carbons (Fsp3) is 0.304. The van der Waals surface area contributed by atoms with E-state index in [1.54, 1.807) is 28.0 Å². The van der Waals surface area contributed by atoms with Crippen molar-refractivity contribution in [1.82, 2.24) is 9.88 Å². The lowest BCUT2D eigenvalue weighted by molar-refractivity contribution is 0.0391. The lowest BCUT2D eigenvalue weighted by Gasteiger charge is -2.29. The van der Waals surface area contributed by atoms with Crippen molar-refractivity contribution in [3.8, 4) is 0 Å². The molecule has 32 heavy (non-hydrogen) atoms. The quantitative estimate of drug-likeness (QED) is 0.308. The molecule has 0 saturated carbocycles. The van der Waals surface area contributed by atoms with Crippen LogP contribution in [0, 0.1) is 0 Å². The van der Waals surface area contributed by atoms with Crippen LogP contribution in [-0.2, 0) is 4.74 Å². The van der Waals surface area contributed by atoms with E-state index in [0.29, 0.717) is 21.6 Å². The largest absolute Gasteiger partial charge is 0.379 e. The highest BCUT2D eigenvalue weighted by atomic mass is 35.5. The Morgan fingerprint density at radius 1 is 1.16 bits per heavy atom. The Kier molecular flexibility index (Phi) is 6.69. The molecular weight excluding hydrogens is 482 g/mol. The van der Waals surface area contributed by atoms with Gasteiger partial charge in [-0.1, -0.05) is 47.2 Å². The number of amides is 1. The van der Waals surface area contributed by atoms with Crippen LogP contribution in [0.15, 0.2) is 47.4 Å². The van der Waals surface area contributed by atoms with Gasteiger partial charge < -0.3 is 4.74 Å². The van der Waals surface area contributed by atoms with Crippen molar-refractivity contribution in [2.24, 2.45) is 0 Å². The summed E-state index contributed by atoms with van der Waals surface area (Å²) < 4.78 is 7.57. The van der Waals surface area contributed by atoms with Gasteiger partial charge in [0.2, 0.25) is 0 Å². The molecule has 1 aliphatic heterocycles. The second kappa shape index (κ2) is 9.67. The lowest BCUT2D eigenvalue weighted by Crippen LogP contribution is -2.43. The number of morpholine rings is 1. The van der Waals surface area contributed by atoms with Gasteiger partial charge in [-0.05, 0) is 24.5 Å². The van der Waals surface area contributed by atoms with Gasteiger partial charge in [0.05, 0.1) is 28.5 Å². The molecule has 1 fully saturated rings. The normalized spacial score (nSPS) is 14.9. The fourth-order valence-corrected chi connectivity index (χ4v) is 6.92. The molecule has 0 spiro atoms. The predicted octanol–water partition coefficient (Wildman–Crippen LogP) is 5.87. The Morgan fingerprint density at radius 2 is 1.94 bits per heavy atom. The van der Waals surface area contributed by atoms with Crippen LogP contribution >= 0.6 is 46.0 Å². The summed E-state index contributed by atoms with van der Waals surface area (Å²) in [5, 5.41) is 2.16. The molecule has 3 heterocycles. The Hall–Kier alpha value is -1.68. The summed E-state index contributed by atoms with van der Waals surface area (Å²) in [6.07, 6.45) is 2.05. The molecular formula is C23H22ClN3O2S3. The number of thiazole rings is 1. The molecule has 2 aromatic carbocycles. The maximum Gasteiger partial charge on any atom is 0.271 e. The van der Waals surface area contributed by atoms with Crippen LogP contribution in [0.4, 0.5) is 5.13 Å². The average molecular weight is 504 g/mol. The van der Waals surface area contributed by atoms with E-state index < -0.39 is 0 Å². The second-order valence-electron chi connectivity index (χ2n) is 7.46. The second-order valence-corrected chi connectivity index (χ2v) is 10.7. The average Bonchev–Trinajstić information content (AvgIpc) is 3.41. The van der Waals surface area contributed by atoms with Gasteiger partial charge in [0.15, 0.2) is 5.13 Å². The molecule has 0 atom stereocenters. The summed E-state index contributed by atoms with van der Waals surface area (Å²) in [5.74, 6) is -0.0887. The van der Waals surface area contributed by atoms with E-state index in [0.717, 1.165) is 58.0 Å². The van der Waals surface area contributed by atoms with E-state index >= 15 is 0 Å². The number of benzene rings is 2. The Bertz CT molecular complexity index is 1270. The minimum absolute atomic E-state index is 0.0887. The van der Waals surface area contributed by atoms with Crippen LogP contribution in [0.1, 0.15) is 9.67 Å². The van der Waals surface area contributed by atoms with Crippen LogP contribution in [0.5, 0.6) is 0 Å². The van der Waals surface area contributed by atoms with E-state index in [-0.39, 0.29) is 5.91 Å². The molecule has 1 saturated heterocycles. The van der Waals surface area contributed by atoms with Gasteiger partial charge in [0, 0.05) is 41.2 Å². The number of nitrogens with zero attached hydrogens (tertiary/aromatic N) is 3. The molecule has 4 aromatic rings. The van der Waals surface area contributed by atoms with E-state index in [9.17, 15) is 4.79 Å². The van der Waals surface area contributed by atoms with Gasteiger partial charge in [-0.2, -0.15) is 0 Å². The number of para-hydroxylation sites is 1. The van der Waals surface area contributed by atoms with Crippen LogP contribution in [0.2, 0.25) is 5.02 Å². The molecule has 0 aliphatic carbocycles. The number of halogens is 1. The number of thioether (sulfide) groups is 1. The molecule has 0 bridgehead atoms. The number of carbonyl (C=O) groups excluding carboxylic acids is 1. The monoisotopic (exact) mass is 503 g/mol. The van der Waals surface area contributed by atoms with Crippen LogP contribution < -0.4 is 4.90 Å². The number of hydrogen-bond donors (Lipinski definition) is 0. The maximum absolute atomic E-state index is 13.8. The summed E-state index contributed by atoms with van der Waals surface area (Å²) >= 11 is 11.3. The molecule has 9 heteroatoms. The van der Waals surface area contributed by atoms with Crippen molar-refractivity contribution in [2.75, 3.05) is 50.5 Å². The first-order valence-corrected chi connectivity index (χ1v) is 13.6. The lowest BCUT2D eigenvalue weighted by atomic mass is 10.2. The summed E-state index contributed by atoms with van der Waals surface area (Å²) in [5.41, 5.74) is 0.951. The molecule has 5 nitrogen and oxygen atoms in total. The van der Waals surface area contributed by atoms with Crippen molar-refractivity contribution in [1.29, 1.82) is 0 Å². The van der Waals surface area contributed by atoms with Gasteiger partial charge in [0.25, 0.3) is 5.91 Å². The predicted molar refractivity (Wildman–Crippen MR) is 137 cm³/mol. The Balaban J connectivity index is 1.52. The molecule has 2 aromatic heterocycles. The number of aromatic nitrogens is 1. The van der Waals surface area contributed by atoms with Crippen molar-refractivity contribution < 1.29 is 9.53 Å². The highest BCUT2D eigenvalue weighted by molar-refractivity contribution is 7.98. The van der Waals surface area contributed by atoms with Crippen molar-refractivity contribution in [3.05, 3.63) is 52.4 Å². The van der Waals surface area contributed by atoms with E-state index in [1.165, 1.54) is 11.3 Å². The summed E-state index contributed by atoms with van der Waals surface area (Å²) in [4.78, 5) is 24.5. The number of carbonyl (C=O) groups is 1. The summed E-state index contributed by atoms with van der Waals surface area (Å²) in [6.45, 7) is 4.54. The summed E-state index contributed by atoms with van der Waals surface area (Å²) in [6, 6.07) is 14.1. The number of thiophene rings is 1. The highest BCUT2D eigenvalue weighted by Crippen LogP contribution is 2.39. The Morgan fingerprint density at radius 3 is 2.72 bits per heavy atom. The number of fused-ring (bicyclic) bond motifs is 2. The van der Waals surface area contributed by atoms with E-state index in [4.69, 9.17) is 21.3 Å². The fourth-order valence-electron chi connectivity index (χ4n) is 3.82. The Labute approximate surface area is 203 Å². The third kappa shape index (κ3) is 4.27. The first-order valence-electron chi connectivity index (χ1n) is 10.4. The molecule has 1 amide bonds. The SMILES string of the molecule is CSc1cccc2sc(N(CCN3CCOCC3)C(=O)c3sc4ccccc4c3Cl)nc12. The number of rotatable bonds is 6. The molecule has 0 radical (unpaired) electrons. The van der Waals surface area contributed by atoms with Crippen LogP contribution in [-0.4, -0.2) is 61.4 Å². The first-order chi connectivity index (χ1) is 15.7. The standard InChI is InChI=1S/C23H22ClN3O2S3/c1-30-17-7-4-8-18-20(17)25-23(32-18)27(10-9-26-11-13-29-14-12-26)22(28)21-19(24)15-5-2-3-6-16(15)31-21/h2-8H,9-14H2,1H3. The van der Waals surface area contributed by atoms with Crippen molar-refractivity contribution >= 4 is 77.4 Å². The topological polar surface area (TPSA) is 45.7 Å². The zero-order valence-electron chi connectivity index (χ0n) is 17.5. The van der Waals surface area contributed by atoms with Gasteiger partial charge in [-0.25, -0.2) is 4.98 Å². The molecule has 1 aliphatic rings. The van der Waals surface area contributed by atoms with E-state index in [1.807, 2.05) is 36.6 Å². The highest BCUT2D eigenvalue weighted by Gasteiger charge is 2.27. The maximum atomic E-state index is 13.8. The number of anilines is 1. The smallest absolute Gasteiger partial charge is 0.271 e. The molecule has 166 valence electrons. The number of ether oxygens (including phenoxy) is 1. The third-order valence-corrected chi connectivity index (χ3v) is 9.02. The van der Waals surface area contributed by atoms with Crippen LogP contribution in [0.3, 0.4) is 0 Å².